The molecule has 9 heteroatoms. The van der Waals surface area contributed by atoms with Crippen LogP contribution in [0.15, 0.2) is 36.7 Å². The molecule has 0 aliphatic heterocycles. The van der Waals surface area contributed by atoms with Crippen LogP contribution in [0.2, 0.25) is 5.02 Å². The van der Waals surface area contributed by atoms with E-state index < -0.39 is 0 Å². The Labute approximate surface area is 173 Å². The second-order valence-electron chi connectivity index (χ2n) is 5.98. The lowest BCUT2D eigenvalue weighted by molar-refractivity contribution is -0.115. The monoisotopic (exact) mass is 416 g/mol. The molecule has 0 aliphatic rings. The summed E-state index contributed by atoms with van der Waals surface area (Å²) >= 11 is 6.29. The molecular formula is C20H21ClN4O4. The van der Waals surface area contributed by atoms with Crippen LogP contribution in [0.25, 0.3) is 10.9 Å². The number of rotatable bonds is 8. The maximum Gasteiger partial charge on any atom is 0.238 e. The van der Waals surface area contributed by atoms with Gasteiger partial charge in [0.05, 0.1) is 42.4 Å². The fraction of sp³-hybridized carbons (Fsp3) is 0.250. The Morgan fingerprint density at radius 3 is 2.55 bits per heavy atom. The van der Waals surface area contributed by atoms with E-state index in [4.69, 9.17) is 25.8 Å². The predicted molar refractivity (Wildman–Crippen MR) is 111 cm³/mol. The first-order valence-corrected chi connectivity index (χ1v) is 9.28. The average Bonchev–Trinajstić information content (AvgIpc) is 2.73. The molecule has 0 bridgehead atoms. The van der Waals surface area contributed by atoms with E-state index in [0.29, 0.717) is 51.3 Å². The summed E-state index contributed by atoms with van der Waals surface area (Å²) in [5, 5.41) is 6.71. The van der Waals surface area contributed by atoms with Crippen LogP contribution in [0.1, 0.15) is 6.92 Å². The minimum atomic E-state index is -0.176. The van der Waals surface area contributed by atoms with Crippen molar-refractivity contribution >= 4 is 34.1 Å². The number of aromatic nitrogens is 2. The van der Waals surface area contributed by atoms with Crippen LogP contribution in [0.5, 0.6) is 23.1 Å². The van der Waals surface area contributed by atoms with E-state index in [0.717, 1.165) is 0 Å². The average molecular weight is 417 g/mol. The van der Waals surface area contributed by atoms with Crippen molar-refractivity contribution in [1.29, 1.82) is 0 Å². The van der Waals surface area contributed by atoms with E-state index in [-0.39, 0.29) is 12.5 Å². The summed E-state index contributed by atoms with van der Waals surface area (Å²) in [7, 11) is 3.11. The first kappa shape index (κ1) is 20.6. The number of anilines is 1. The van der Waals surface area contributed by atoms with Gasteiger partial charge >= 0.3 is 0 Å². The topological polar surface area (TPSA) is 94.6 Å². The second kappa shape index (κ2) is 9.40. The van der Waals surface area contributed by atoms with Gasteiger partial charge in [-0.15, -0.1) is 0 Å². The van der Waals surface area contributed by atoms with E-state index >= 15 is 0 Å². The molecule has 3 aromatic rings. The summed E-state index contributed by atoms with van der Waals surface area (Å²) in [5.74, 6) is 1.73. The molecule has 3 rings (SSSR count). The van der Waals surface area contributed by atoms with Gasteiger partial charge in [-0.25, -0.2) is 9.97 Å². The number of hydrogen-bond acceptors (Lipinski definition) is 7. The lowest BCUT2D eigenvalue weighted by Gasteiger charge is -2.12. The number of hydrogen-bond donors (Lipinski definition) is 2. The number of methoxy groups -OCH3 is 2. The lowest BCUT2D eigenvalue weighted by Crippen LogP contribution is -2.27. The van der Waals surface area contributed by atoms with Crippen molar-refractivity contribution in [2.45, 2.75) is 6.92 Å². The molecule has 0 aliphatic carbocycles. The molecule has 152 valence electrons. The highest BCUT2D eigenvalue weighted by molar-refractivity contribution is 6.33. The number of likely N-dealkylation sites (N-methyl/N-ethyl adjacent to an activating group) is 1. The fourth-order valence-corrected chi connectivity index (χ4v) is 2.86. The van der Waals surface area contributed by atoms with Crippen molar-refractivity contribution < 1.29 is 19.0 Å². The smallest absolute Gasteiger partial charge is 0.238 e. The molecule has 0 radical (unpaired) electrons. The van der Waals surface area contributed by atoms with Crippen molar-refractivity contribution in [2.75, 3.05) is 32.6 Å². The molecule has 0 unspecified atom stereocenters. The minimum Gasteiger partial charge on any atom is -0.493 e. The van der Waals surface area contributed by atoms with E-state index in [1.165, 1.54) is 6.33 Å². The zero-order valence-electron chi connectivity index (χ0n) is 16.3. The third kappa shape index (κ3) is 4.85. The quantitative estimate of drug-likeness (QED) is 0.578. The molecule has 29 heavy (non-hydrogen) atoms. The van der Waals surface area contributed by atoms with Gasteiger partial charge in [0.25, 0.3) is 0 Å². The molecule has 8 nitrogen and oxygen atoms in total. The van der Waals surface area contributed by atoms with Gasteiger partial charge < -0.3 is 24.8 Å². The van der Waals surface area contributed by atoms with Gasteiger partial charge in [-0.3, -0.25) is 4.79 Å². The number of nitrogens with one attached hydrogen (secondary N) is 2. The van der Waals surface area contributed by atoms with Crippen molar-refractivity contribution in [2.24, 2.45) is 0 Å². The van der Waals surface area contributed by atoms with Crippen molar-refractivity contribution in [3.8, 4) is 23.1 Å². The van der Waals surface area contributed by atoms with Crippen molar-refractivity contribution in [3.05, 3.63) is 41.7 Å². The van der Waals surface area contributed by atoms with Gasteiger partial charge in [0.1, 0.15) is 12.1 Å². The summed E-state index contributed by atoms with van der Waals surface area (Å²) in [6, 6.07) is 8.48. The first-order chi connectivity index (χ1) is 14.0. The largest absolute Gasteiger partial charge is 0.493 e. The Balaban J connectivity index is 1.85. The van der Waals surface area contributed by atoms with Gasteiger partial charge in [0, 0.05) is 12.1 Å². The van der Waals surface area contributed by atoms with Crippen LogP contribution in [-0.2, 0) is 4.79 Å². The van der Waals surface area contributed by atoms with Crippen LogP contribution in [0.3, 0.4) is 0 Å². The van der Waals surface area contributed by atoms with Crippen LogP contribution in [0, 0.1) is 0 Å². The molecule has 0 spiro atoms. The number of benzene rings is 2. The molecule has 2 N–H and O–H groups in total. The van der Waals surface area contributed by atoms with Crippen LogP contribution >= 0.6 is 11.6 Å². The molecule has 0 saturated carbocycles. The third-order valence-corrected chi connectivity index (χ3v) is 4.38. The zero-order valence-corrected chi connectivity index (χ0v) is 17.0. The Kier molecular flexibility index (Phi) is 6.69. The lowest BCUT2D eigenvalue weighted by atomic mass is 10.2. The highest BCUT2D eigenvalue weighted by atomic mass is 35.5. The molecule has 2 aromatic carbocycles. The van der Waals surface area contributed by atoms with Crippen LogP contribution in [0.4, 0.5) is 5.69 Å². The van der Waals surface area contributed by atoms with Crippen LogP contribution < -0.4 is 24.8 Å². The molecule has 0 fully saturated rings. The Hall–Kier alpha value is -3.10. The summed E-state index contributed by atoms with van der Waals surface area (Å²) in [6.07, 6.45) is 1.40. The van der Waals surface area contributed by atoms with Gasteiger partial charge in [-0.1, -0.05) is 18.5 Å². The highest BCUT2D eigenvalue weighted by Crippen LogP contribution is 2.36. The van der Waals surface area contributed by atoms with E-state index in [9.17, 15) is 4.79 Å². The highest BCUT2D eigenvalue weighted by Gasteiger charge is 2.13. The SMILES string of the molecule is CCNCC(=O)Nc1ccc(Oc2ncnc3cc(OC)c(OC)cc23)cc1Cl. The van der Waals surface area contributed by atoms with Crippen molar-refractivity contribution in [1.82, 2.24) is 15.3 Å². The minimum absolute atomic E-state index is 0.176. The number of nitrogens with zero attached hydrogens (tertiary/aromatic N) is 2. The second-order valence-corrected chi connectivity index (χ2v) is 6.38. The van der Waals surface area contributed by atoms with E-state index in [2.05, 4.69) is 20.6 Å². The molecule has 1 heterocycles. The fourth-order valence-electron chi connectivity index (χ4n) is 2.65. The number of carbonyl (C=O) groups is 1. The number of ether oxygens (including phenoxy) is 3. The number of fused-ring (bicyclic) bond motifs is 1. The Bertz CT molecular complexity index is 1030. The molecular weight excluding hydrogens is 396 g/mol. The molecule has 0 saturated heterocycles. The molecule has 1 aromatic heterocycles. The molecule has 0 atom stereocenters. The van der Waals surface area contributed by atoms with E-state index in [1.807, 2.05) is 6.92 Å². The number of carbonyl (C=O) groups excluding carboxylic acids is 1. The predicted octanol–water partition coefficient (Wildman–Crippen LogP) is 3.64. The maximum atomic E-state index is 11.9. The van der Waals surface area contributed by atoms with E-state index in [1.54, 1.807) is 44.6 Å². The van der Waals surface area contributed by atoms with Crippen LogP contribution in [-0.4, -0.2) is 43.2 Å². The zero-order chi connectivity index (χ0) is 20.8. The third-order valence-electron chi connectivity index (χ3n) is 4.07. The number of halogens is 1. The summed E-state index contributed by atoms with van der Waals surface area (Å²) in [4.78, 5) is 20.3. The van der Waals surface area contributed by atoms with Gasteiger partial charge in [-0.05, 0) is 24.7 Å². The van der Waals surface area contributed by atoms with Gasteiger partial charge in [-0.2, -0.15) is 0 Å². The first-order valence-electron chi connectivity index (χ1n) is 8.90. The van der Waals surface area contributed by atoms with Gasteiger partial charge in [0.15, 0.2) is 11.5 Å². The Morgan fingerprint density at radius 2 is 1.86 bits per heavy atom. The van der Waals surface area contributed by atoms with Gasteiger partial charge in [0.2, 0.25) is 11.8 Å². The number of amides is 1. The summed E-state index contributed by atoms with van der Waals surface area (Å²) < 4.78 is 16.6. The maximum absolute atomic E-state index is 11.9. The summed E-state index contributed by atoms with van der Waals surface area (Å²) in [5.41, 5.74) is 1.15. The molecule has 1 amide bonds. The summed E-state index contributed by atoms with van der Waals surface area (Å²) in [6.45, 7) is 2.84. The van der Waals surface area contributed by atoms with Crippen molar-refractivity contribution in [3.63, 3.8) is 0 Å². The normalized spacial score (nSPS) is 10.6. The Morgan fingerprint density at radius 1 is 1.10 bits per heavy atom. The standard InChI is InChI=1S/C20H21ClN4O4/c1-4-22-10-19(26)25-15-6-5-12(7-14(15)21)29-20-13-8-17(27-2)18(28-3)9-16(13)23-11-24-20/h5-9,11,22H,4,10H2,1-3H3,(H,25,26).